The number of likely N-dealkylation sites (N-methyl/N-ethyl adjacent to an activating group) is 1. The normalized spacial score (nSPS) is 13.7. The van der Waals surface area contributed by atoms with Crippen molar-refractivity contribution in [3.8, 4) is 0 Å². The van der Waals surface area contributed by atoms with Crippen LogP contribution in [-0.4, -0.2) is 44.8 Å². The van der Waals surface area contributed by atoms with E-state index in [9.17, 15) is 9.59 Å². The van der Waals surface area contributed by atoms with Crippen LogP contribution in [0.5, 0.6) is 0 Å². The van der Waals surface area contributed by atoms with Crippen LogP contribution in [0.2, 0.25) is 0 Å². The van der Waals surface area contributed by atoms with Gasteiger partial charge < -0.3 is 9.88 Å². The van der Waals surface area contributed by atoms with Crippen LogP contribution >= 0.6 is 0 Å². The predicted molar refractivity (Wildman–Crippen MR) is 113 cm³/mol. The summed E-state index contributed by atoms with van der Waals surface area (Å²) in [5, 5.41) is 0.582. The van der Waals surface area contributed by atoms with Gasteiger partial charge in [0, 0.05) is 12.6 Å². The van der Waals surface area contributed by atoms with Crippen molar-refractivity contribution in [3.63, 3.8) is 0 Å². The molecule has 0 unspecified atom stereocenters. The number of hydrogen-bond donors (Lipinski definition) is 1. The molecule has 4 rings (SSSR count). The second-order valence-corrected chi connectivity index (χ2v) is 7.57. The first-order chi connectivity index (χ1) is 14.1. The van der Waals surface area contributed by atoms with Crippen molar-refractivity contribution in [1.82, 2.24) is 19.8 Å². The van der Waals surface area contributed by atoms with Gasteiger partial charge in [-0.05, 0) is 37.1 Å². The van der Waals surface area contributed by atoms with Crippen LogP contribution < -0.4 is 5.56 Å². The van der Waals surface area contributed by atoms with E-state index in [2.05, 4.69) is 22.1 Å². The summed E-state index contributed by atoms with van der Waals surface area (Å²) in [5.74, 6) is 0.714. The van der Waals surface area contributed by atoms with Crippen molar-refractivity contribution in [2.24, 2.45) is 0 Å². The average molecular weight is 390 g/mol. The molecular weight excluding hydrogens is 364 g/mol. The maximum absolute atomic E-state index is 13.1. The van der Waals surface area contributed by atoms with Crippen molar-refractivity contribution in [3.05, 3.63) is 76.3 Å². The highest BCUT2D eigenvalue weighted by Gasteiger charge is 2.33. The SMILES string of the molecule is CCN(CC(=O)N(Cc1ccccc1)C1CC1)Cc1nc2ccccc2c(=O)[nH]1. The quantitative estimate of drug-likeness (QED) is 0.642. The molecule has 1 aliphatic rings. The van der Waals surface area contributed by atoms with Crippen LogP contribution in [0.15, 0.2) is 59.4 Å². The zero-order valence-corrected chi connectivity index (χ0v) is 16.7. The summed E-state index contributed by atoms with van der Waals surface area (Å²) in [6.45, 7) is 4.12. The molecule has 29 heavy (non-hydrogen) atoms. The zero-order valence-electron chi connectivity index (χ0n) is 16.7. The number of fused-ring (bicyclic) bond motifs is 1. The Balaban J connectivity index is 1.46. The first-order valence-corrected chi connectivity index (χ1v) is 10.2. The van der Waals surface area contributed by atoms with E-state index in [1.807, 2.05) is 53.1 Å². The molecule has 0 atom stereocenters. The number of aromatic nitrogens is 2. The van der Waals surface area contributed by atoms with E-state index in [-0.39, 0.29) is 11.5 Å². The van der Waals surface area contributed by atoms with E-state index in [1.54, 1.807) is 6.07 Å². The number of carbonyl (C=O) groups is 1. The lowest BCUT2D eigenvalue weighted by Gasteiger charge is -2.27. The second kappa shape index (κ2) is 8.57. The average Bonchev–Trinajstić information content (AvgIpc) is 3.57. The maximum Gasteiger partial charge on any atom is 0.258 e. The molecule has 1 N–H and O–H groups in total. The van der Waals surface area contributed by atoms with E-state index >= 15 is 0 Å². The third-order valence-electron chi connectivity index (χ3n) is 5.35. The number of nitrogens with one attached hydrogen (secondary N) is 1. The Bertz CT molecular complexity index is 1040. The molecule has 2 aromatic carbocycles. The summed E-state index contributed by atoms with van der Waals surface area (Å²) >= 11 is 0. The summed E-state index contributed by atoms with van der Waals surface area (Å²) in [6.07, 6.45) is 2.15. The van der Waals surface area contributed by atoms with Gasteiger partial charge in [-0.3, -0.25) is 14.5 Å². The Morgan fingerprint density at radius 3 is 2.52 bits per heavy atom. The van der Waals surface area contributed by atoms with Gasteiger partial charge in [0.05, 0.1) is 24.0 Å². The van der Waals surface area contributed by atoms with E-state index in [1.165, 1.54) is 0 Å². The Labute approximate surface area is 170 Å². The van der Waals surface area contributed by atoms with Gasteiger partial charge in [-0.25, -0.2) is 4.98 Å². The van der Waals surface area contributed by atoms with Crippen LogP contribution in [0.1, 0.15) is 31.2 Å². The molecular formula is C23H26N4O2. The predicted octanol–water partition coefficient (Wildman–Crippen LogP) is 2.94. The first kappa shape index (κ1) is 19.3. The Morgan fingerprint density at radius 1 is 1.07 bits per heavy atom. The molecule has 0 aliphatic heterocycles. The van der Waals surface area contributed by atoms with Crippen molar-refractivity contribution < 1.29 is 4.79 Å². The third kappa shape index (κ3) is 4.71. The summed E-state index contributed by atoms with van der Waals surface area (Å²) in [5.41, 5.74) is 1.69. The van der Waals surface area contributed by atoms with E-state index in [0.717, 1.165) is 18.4 Å². The molecule has 0 saturated heterocycles. The monoisotopic (exact) mass is 390 g/mol. The first-order valence-electron chi connectivity index (χ1n) is 10.2. The Kier molecular flexibility index (Phi) is 5.71. The summed E-state index contributed by atoms with van der Waals surface area (Å²) in [7, 11) is 0. The van der Waals surface area contributed by atoms with Crippen LogP contribution in [0, 0.1) is 0 Å². The molecule has 0 radical (unpaired) electrons. The molecule has 0 bridgehead atoms. The van der Waals surface area contributed by atoms with Gasteiger partial charge in [-0.1, -0.05) is 49.4 Å². The van der Waals surface area contributed by atoms with Crippen molar-refractivity contribution >= 4 is 16.8 Å². The van der Waals surface area contributed by atoms with Crippen LogP contribution in [0.3, 0.4) is 0 Å². The van der Waals surface area contributed by atoms with E-state index in [4.69, 9.17) is 0 Å². The van der Waals surface area contributed by atoms with Gasteiger partial charge in [0.1, 0.15) is 5.82 Å². The largest absolute Gasteiger partial charge is 0.334 e. The number of amides is 1. The summed E-state index contributed by atoms with van der Waals surface area (Å²) in [6, 6.07) is 17.8. The lowest BCUT2D eigenvalue weighted by molar-refractivity contribution is -0.133. The summed E-state index contributed by atoms with van der Waals surface area (Å²) < 4.78 is 0. The van der Waals surface area contributed by atoms with Crippen LogP contribution in [0.25, 0.3) is 10.9 Å². The Hall–Kier alpha value is -2.99. The molecule has 1 amide bonds. The van der Waals surface area contributed by atoms with Gasteiger partial charge >= 0.3 is 0 Å². The number of H-pyrrole nitrogens is 1. The van der Waals surface area contributed by atoms with Crippen LogP contribution in [-0.2, 0) is 17.9 Å². The molecule has 1 heterocycles. The molecule has 6 heteroatoms. The molecule has 1 aliphatic carbocycles. The number of hydrogen-bond acceptors (Lipinski definition) is 4. The lowest BCUT2D eigenvalue weighted by Crippen LogP contribution is -2.41. The van der Waals surface area contributed by atoms with Gasteiger partial charge in [-0.2, -0.15) is 0 Å². The van der Waals surface area contributed by atoms with Gasteiger partial charge in [0.2, 0.25) is 5.91 Å². The smallest absolute Gasteiger partial charge is 0.258 e. The number of para-hydroxylation sites is 1. The summed E-state index contributed by atoms with van der Waals surface area (Å²) in [4.78, 5) is 36.8. The van der Waals surface area contributed by atoms with Gasteiger partial charge in [0.25, 0.3) is 5.56 Å². The number of rotatable bonds is 8. The molecule has 6 nitrogen and oxygen atoms in total. The zero-order chi connectivity index (χ0) is 20.2. The molecule has 3 aromatic rings. The maximum atomic E-state index is 13.1. The number of benzene rings is 2. The Morgan fingerprint density at radius 2 is 1.79 bits per heavy atom. The second-order valence-electron chi connectivity index (χ2n) is 7.57. The highest BCUT2D eigenvalue weighted by atomic mass is 16.2. The minimum absolute atomic E-state index is 0.126. The minimum Gasteiger partial charge on any atom is -0.334 e. The highest BCUT2D eigenvalue weighted by molar-refractivity contribution is 5.79. The molecule has 150 valence electrons. The van der Waals surface area contributed by atoms with E-state index in [0.29, 0.717) is 48.9 Å². The lowest BCUT2D eigenvalue weighted by atomic mass is 10.2. The van der Waals surface area contributed by atoms with Gasteiger partial charge in [-0.15, -0.1) is 0 Å². The molecule has 1 fully saturated rings. The highest BCUT2D eigenvalue weighted by Crippen LogP contribution is 2.28. The van der Waals surface area contributed by atoms with Crippen molar-refractivity contribution in [2.45, 2.75) is 38.9 Å². The van der Waals surface area contributed by atoms with Crippen molar-refractivity contribution in [1.29, 1.82) is 0 Å². The van der Waals surface area contributed by atoms with E-state index < -0.39 is 0 Å². The standard InChI is InChI=1S/C23H26N4O2/c1-2-26(15-21-24-20-11-7-6-10-19(20)23(29)25-21)16-22(28)27(18-12-13-18)14-17-8-4-3-5-9-17/h3-11,18H,2,12-16H2,1H3,(H,24,25,29). The molecule has 1 aromatic heterocycles. The molecule has 1 saturated carbocycles. The molecule has 0 spiro atoms. The minimum atomic E-state index is -0.142. The fourth-order valence-corrected chi connectivity index (χ4v) is 3.57. The number of carbonyl (C=O) groups excluding carboxylic acids is 1. The topological polar surface area (TPSA) is 69.3 Å². The fourth-order valence-electron chi connectivity index (χ4n) is 3.57. The van der Waals surface area contributed by atoms with Crippen molar-refractivity contribution in [2.75, 3.05) is 13.1 Å². The fraction of sp³-hybridized carbons (Fsp3) is 0.348. The van der Waals surface area contributed by atoms with Gasteiger partial charge in [0.15, 0.2) is 0 Å². The third-order valence-corrected chi connectivity index (χ3v) is 5.35. The van der Waals surface area contributed by atoms with Crippen LogP contribution in [0.4, 0.5) is 0 Å². The number of nitrogens with zero attached hydrogens (tertiary/aromatic N) is 3. The number of aromatic amines is 1.